The lowest BCUT2D eigenvalue weighted by Gasteiger charge is -2.24. The zero-order valence-corrected chi connectivity index (χ0v) is 14.7. The summed E-state index contributed by atoms with van der Waals surface area (Å²) in [5.41, 5.74) is 2.62. The van der Waals surface area contributed by atoms with Crippen LogP contribution in [-0.2, 0) is 7.05 Å². The van der Waals surface area contributed by atoms with Crippen molar-refractivity contribution in [2.75, 3.05) is 13.7 Å². The molecule has 1 aromatic carbocycles. The fraction of sp³-hybridized carbons (Fsp3) is 0.368. The molecule has 0 aliphatic carbocycles. The zero-order valence-electron chi connectivity index (χ0n) is 14.7. The van der Waals surface area contributed by atoms with Gasteiger partial charge < -0.3 is 14.1 Å². The minimum absolute atomic E-state index is 0.0376. The number of amides is 1. The van der Waals surface area contributed by atoms with Crippen LogP contribution in [0, 0.1) is 6.92 Å². The first-order valence-corrected chi connectivity index (χ1v) is 8.47. The van der Waals surface area contributed by atoms with Gasteiger partial charge in [-0.15, -0.1) is 0 Å². The number of furan rings is 1. The van der Waals surface area contributed by atoms with Gasteiger partial charge >= 0.3 is 0 Å². The van der Waals surface area contributed by atoms with Crippen LogP contribution in [0.15, 0.2) is 34.7 Å². The molecule has 0 bridgehead atoms. The lowest BCUT2D eigenvalue weighted by Crippen LogP contribution is -2.30. The molecule has 0 unspecified atom stereocenters. The van der Waals surface area contributed by atoms with Crippen molar-refractivity contribution < 1.29 is 13.9 Å². The van der Waals surface area contributed by atoms with Crippen LogP contribution in [0.1, 0.15) is 40.7 Å². The Hall–Kier alpha value is -2.76. The first-order valence-electron chi connectivity index (χ1n) is 8.47. The molecule has 0 spiro atoms. The number of aromatic nitrogens is 2. The number of fused-ring (bicyclic) bond motifs is 1. The second-order valence-electron chi connectivity index (χ2n) is 6.44. The number of methoxy groups -OCH3 is 1. The standard InChI is InChI=1S/C19H21N3O3/c1-12-17(19(24-3)21(2)20-12)14-8-6-10-22(14)18(23)16-11-13-7-4-5-9-15(13)25-16/h4-5,7,9,11,14H,6,8,10H2,1-3H3/t14-/m0/s1. The van der Waals surface area contributed by atoms with Crippen LogP contribution in [0.3, 0.4) is 0 Å². The number of ether oxygens (including phenoxy) is 1. The Morgan fingerprint density at radius 3 is 2.92 bits per heavy atom. The van der Waals surface area contributed by atoms with E-state index < -0.39 is 0 Å². The second-order valence-corrected chi connectivity index (χ2v) is 6.44. The highest BCUT2D eigenvalue weighted by molar-refractivity contribution is 5.96. The van der Waals surface area contributed by atoms with Gasteiger partial charge in [-0.3, -0.25) is 4.79 Å². The molecule has 0 radical (unpaired) electrons. The highest BCUT2D eigenvalue weighted by Crippen LogP contribution is 2.39. The fourth-order valence-electron chi connectivity index (χ4n) is 3.82. The van der Waals surface area contributed by atoms with Crippen LogP contribution >= 0.6 is 0 Å². The van der Waals surface area contributed by atoms with Crippen molar-refractivity contribution in [3.63, 3.8) is 0 Å². The molecule has 1 saturated heterocycles. The van der Waals surface area contributed by atoms with E-state index in [9.17, 15) is 4.79 Å². The molecule has 0 saturated carbocycles. The molecule has 1 fully saturated rings. The number of carbonyl (C=O) groups excluding carboxylic acids is 1. The predicted molar refractivity (Wildman–Crippen MR) is 93.7 cm³/mol. The molecule has 0 N–H and O–H groups in total. The van der Waals surface area contributed by atoms with E-state index in [0.717, 1.165) is 35.1 Å². The van der Waals surface area contributed by atoms with Gasteiger partial charge in [-0.1, -0.05) is 18.2 Å². The van der Waals surface area contributed by atoms with E-state index in [1.54, 1.807) is 11.8 Å². The molecule has 4 rings (SSSR count). The first-order chi connectivity index (χ1) is 12.1. The van der Waals surface area contributed by atoms with Crippen LogP contribution in [0.2, 0.25) is 0 Å². The average Bonchev–Trinajstić information content (AvgIpc) is 3.30. The average molecular weight is 339 g/mol. The lowest BCUT2D eigenvalue weighted by atomic mass is 10.0. The van der Waals surface area contributed by atoms with Gasteiger partial charge in [0.15, 0.2) is 5.76 Å². The maximum atomic E-state index is 13.1. The molecule has 1 aliphatic rings. The van der Waals surface area contributed by atoms with Crippen LogP contribution < -0.4 is 4.74 Å². The molecule has 3 heterocycles. The van der Waals surface area contributed by atoms with Gasteiger partial charge in [0.2, 0.25) is 5.88 Å². The Balaban J connectivity index is 1.71. The van der Waals surface area contributed by atoms with E-state index in [-0.39, 0.29) is 11.9 Å². The van der Waals surface area contributed by atoms with Crippen molar-refractivity contribution in [3.8, 4) is 5.88 Å². The number of benzene rings is 1. The molecule has 1 atom stereocenters. The SMILES string of the molecule is COc1c([C@@H]2CCCN2C(=O)c2cc3ccccc3o2)c(C)nn1C. The zero-order chi connectivity index (χ0) is 17.6. The van der Waals surface area contributed by atoms with Gasteiger partial charge in [0.25, 0.3) is 5.91 Å². The molecular formula is C19H21N3O3. The summed E-state index contributed by atoms with van der Waals surface area (Å²) in [4.78, 5) is 15.0. The van der Waals surface area contributed by atoms with E-state index in [0.29, 0.717) is 18.2 Å². The number of carbonyl (C=O) groups is 1. The van der Waals surface area contributed by atoms with Crippen LogP contribution in [0.5, 0.6) is 5.88 Å². The van der Waals surface area contributed by atoms with Crippen LogP contribution in [0.4, 0.5) is 0 Å². The Morgan fingerprint density at radius 1 is 1.36 bits per heavy atom. The summed E-state index contributed by atoms with van der Waals surface area (Å²) in [6, 6.07) is 9.45. The van der Waals surface area contributed by atoms with Crippen molar-refractivity contribution in [1.82, 2.24) is 14.7 Å². The topological polar surface area (TPSA) is 60.5 Å². The number of aryl methyl sites for hydroxylation is 2. The Labute approximate surface area is 146 Å². The van der Waals surface area contributed by atoms with Crippen molar-refractivity contribution in [3.05, 3.63) is 47.3 Å². The predicted octanol–water partition coefficient (Wildman–Crippen LogP) is 3.46. The summed E-state index contributed by atoms with van der Waals surface area (Å²) in [5, 5.41) is 5.40. The van der Waals surface area contributed by atoms with E-state index in [2.05, 4.69) is 5.10 Å². The van der Waals surface area contributed by atoms with Gasteiger partial charge in [-0.2, -0.15) is 5.10 Å². The molecule has 25 heavy (non-hydrogen) atoms. The summed E-state index contributed by atoms with van der Waals surface area (Å²) in [6.45, 7) is 2.66. The maximum absolute atomic E-state index is 13.1. The quantitative estimate of drug-likeness (QED) is 0.733. The first kappa shape index (κ1) is 15.7. The van der Waals surface area contributed by atoms with Gasteiger partial charge in [0.1, 0.15) is 5.58 Å². The third-order valence-electron chi connectivity index (χ3n) is 4.89. The minimum atomic E-state index is -0.0796. The van der Waals surface area contributed by atoms with E-state index in [1.165, 1.54) is 0 Å². The van der Waals surface area contributed by atoms with Gasteiger partial charge in [0, 0.05) is 19.0 Å². The number of hydrogen-bond acceptors (Lipinski definition) is 4. The van der Waals surface area contributed by atoms with E-state index in [1.807, 2.05) is 49.2 Å². The summed E-state index contributed by atoms with van der Waals surface area (Å²) < 4.78 is 13.0. The monoisotopic (exact) mass is 339 g/mol. The molecule has 1 aliphatic heterocycles. The largest absolute Gasteiger partial charge is 0.481 e. The molecule has 3 aromatic rings. The Morgan fingerprint density at radius 2 is 2.16 bits per heavy atom. The van der Waals surface area contributed by atoms with Crippen molar-refractivity contribution in [1.29, 1.82) is 0 Å². The van der Waals surface area contributed by atoms with Crippen LogP contribution in [-0.4, -0.2) is 34.2 Å². The summed E-state index contributed by atoms with van der Waals surface area (Å²) in [7, 11) is 3.50. The fourth-order valence-corrected chi connectivity index (χ4v) is 3.82. The number of para-hydroxylation sites is 1. The minimum Gasteiger partial charge on any atom is -0.481 e. The highest BCUT2D eigenvalue weighted by Gasteiger charge is 2.36. The van der Waals surface area contributed by atoms with Crippen LogP contribution in [0.25, 0.3) is 11.0 Å². The van der Waals surface area contributed by atoms with Gasteiger partial charge in [-0.25, -0.2) is 4.68 Å². The Kier molecular flexibility index (Phi) is 3.75. The smallest absolute Gasteiger partial charge is 0.290 e. The normalized spacial score (nSPS) is 17.4. The third-order valence-corrected chi connectivity index (χ3v) is 4.89. The van der Waals surface area contributed by atoms with E-state index >= 15 is 0 Å². The second kappa shape index (κ2) is 5.95. The number of nitrogens with zero attached hydrogens (tertiary/aromatic N) is 3. The highest BCUT2D eigenvalue weighted by atomic mass is 16.5. The summed E-state index contributed by atoms with van der Waals surface area (Å²) in [5.74, 6) is 1.02. The number of likely N-dealkylation sites (tertiary alicyclic amines) is 1. The van der Waals surface area contributed by atoms with Crippen molar-refractivity contribution in [2.45, 2.75) is 25.8 Å². The number of rotatable bonds is 3. The summed E-state index contributed by atoms with van der Waals surface area (Å²) >= 11 is 0. The van der Waals surface area contributed by atoms with E-state index in [4.69, 9.17) is 9.15 Å². The molecule has 6 nitrogen and oxygen atoms in total. The maximum Gasteiger partial charge on any atom is 0.290 e. The van der Waals surface area contributed by atoms with Gasteiger partial charge in [0.05, 0.1) is 24.4 Å². The molecule has 1 amide bonds. The van der Waals surface area contributed by atoms with Crippen molar-refractivity contribution >= 4 is 16.9 Å². The summed E-state index contributed by atoms with van der Waals surface area (Å²) in [6.07, 6.45) is 1.85. The number of hydrogen-bond donors (Lipinski definition) is 0. The van der Waals surface area contributed by atoms with Gasteiger partial charge in [-0.05, 0) is 31.9 Å². The molecular weight excluding hydrogens is 318 g/mol. The Bertz CT molecular complexity index is 908. The molecule has 130 valence electrons. The lowest BCUT2D eigenvalue weighted by molar-refractivity contribution is 0.0703. The molecule has 6 heteroatoms. The van der Waals surface area contributed by atoms with Crippen molar-refractivity contribution in [2.24, 2.45) is 7.05 Å². The third kappa shape index (κ3) is 2.49. The molecule has 2 aromatic heterocycles.